The van der Waals surface area contributed by atoms with Crippen LogP contribution >= 0.6 is 23.5 Å². The minimum absolute atomic E-state index is 0.146. The number of benzene rings is 2. The number of amides is 2. The molecule has 1 aromatic heterocycles. The van der Waals surface area contributed by atoms with E-state index in [0.29, 0.717) is 11.1 Å². The van der Waals surface area contributed by atoms with E-state index >= 15 is 0 Å². The minimum Gasteiger partial charge on any atom is -0.497 e. The molecule has 0 saturated heterocycles. The highest BCUT2D eigenvalue weighted by Crippen LogP contribution is 2.42. The molecule has 2 aliphatic rings. The van der Waals surface area contributed by atoms with Gasteiger partial charge >= 0.3 is 0 Å². The molecule has 8 heteroatoms. The van der Waals surface area contributed by atoms with E-state index < -0.39 is 0 Å². The van der Waals surface area contributed by atoms with Gasteiger partial charge in [-0.3, -0.25) is 14.9 Å². The maximum Gasteiger partial charge on any atom is 0.291 e. The summed E-state index contributed by atoms with van der Waals surface area (Å²) in [4.78, 5) is 28.2. The Labute approximate surface area is 188 Å². The predicted octanol–water partition coefficient (Wildman–Crippen LogP) is 4.07. The SMILES string of the molecule is COc1ccc(-c2cc3c([n+](CN4C(=O)c5ccccc5C4=O)c2)NC(SC)S3)cc1. The molecule has 0 aliphatic carbocycles. The first-order valence-corrected chi connectivity index (χ1v) is 11.9. The Morgan fingerprint density at radius 2 is 1.74 bits per heavy atom. The number of fused-ring (bicyclic) bond motifs is 2. The molecule has 5 rings (SSSR count). The Balaban J connectivity index is 1.54. The van der Waals surface area contributed by atoms with Crippen molar-refractivity contribution < 1.29 is 18.9 Å². The number of nitrogens with one attached hydrogen (secondary N) is 1. The first kappa shape index (κ1) is 20.0. The van der Waals surface area contributed by atoms with Crippen LogP contribution in [-0.4, -0.2) is 34.8 Å². The summed E-state index contributed by atoms with van der Waals surface area (Å²) >= 11 is 3.44. The van der Waals surface area contributed by atoms with Gasteiger partial charge in [0.1, 0.15) is 16.8 Å². The highest BCUT2D eigenvalue weighted by Gasteiger charge is 2.38. The summed E-state index contributed by atoms with van der Waals surface area (Å²) in [5, 5.41) is 3.49. The van der Waals surface area contributed by atoms with Crippen LogP contribution in [0.1, 0.15) is 20.7 Å². The number of rotatable bonds is 5. The molecule has 0 spiro atoms. The number of anilines is 1. The summed E-state index contributed by atoms with van der Waals surface area (Å²) in [6.07, 6.45) is 4.04. The quantitative estimate of drug-likeness (QED) is 0.467. The molecule has 0 radical (unpaired) electrons. The molecule has 31 heavy (non-hydrogen) atoms. The molecule has 6 nitrogen and oxygen atoms in total. The van der Waals surface area contributed by atoms with Crippen LogP contribution in [0.3, 0.4) is 0 Å². The monoisotopic (exact) mass is 450 g/mol. The van der Waals surface area contributed by atoms with Gasteiger partial charge in [-0.1, -0.05) is 36.0 Å². The van der Waals surface area contributed by atoms with Gasteiger partial charge in [-0.25, -0.2) is 9.47 Å². The maximum atomic E-state index is 12.9. The Morgan fingerprint density at radius 1 is 1.06 bits per heavy atom. The summed E-state index contributed by atoms with van der Waals surface area (Å²) in [6.45, 7) is 0.146. The van der Waals surface area contributed by atoms with Gasteiger partial charge < -0.3 is 4.74 Å². The number of ether oxygens (including phenoxy) is 1. The second-order valence-electron chi connectivity index (χ2n) is 7.20. The molecule has 3 heterocycles. The molecule has 0 fully saturated rings. The maximum absolute atomic E-state index is 12.9. The summed E-state index contributed by atoms with van der Waals surface area (Å²) < 4.78 is 7.40. The van der Waals surface area contributed by atoms with E-state index in [4.69, 9.17) is 4.74 Å². The van der Waals surface area contributed by atoms with E-state index in [-0.39, 0.29) is 23.2 Å². The lowest BCUT2D eigenvalue weighted by Gasteiger charge is -2.15. The molecular formula is C23H20N3O3S2+. The Bertz CT molecular complexity index is 1160. The molecule has 0 saturated carbocycles. The third-order valence-corrected chi connectivity index (χ3v) is 7.71. The highest BCUT2D eigenvalue weighted by molar-refractivity contribution is 8.17. The number of thioether (sulfide) groups is 2. The van der Waals surface area contributed by atoms with Crippen LogP contribution < -0.4 is 14.6 Å². The van der Waals surface area contributed by atoms with Crippen molar-refractivity contribution in [1.29, 1.82) is 0 Å². The van der Waals surface area contributed by atoms with Crippen molar-refractivity contribution in [1.82, 2.24) is 4.90 Å². The lowest BCUT2D eigenvalue weighted by Crippen LogP contribution is -2.47. The van der Waals surface area contributed by atoms with Crippen LogP contribution in [0, 0.1) is 0 Å². The summed E-state index contributed by atoms with van der Waals surface area (Å²) in [5.74, 6) is 1.19. The largest absolute Gasteiger partial charge is 0.497 e. The number of hydrogen-bond donors (Lipinski definition) is 1. The molecule has 1 atom stereocenters. The zero-order valence-electron chi connectivity index (χ0n) is 17.0. The van der Waals surface area contributed by atoms with E-state index in [1.165, 1.54) is 4.90 Å². The Hall–Kier alpha value is -2.97. The van der Waals surface area contributed by atoms with Crippen molar-refractivity contribution in [3.8, 4) is 16.9 Å². The molecular weight excluding hydrogens is 430 g/mol. The molecule has 2 amide bonds. The zero-order chi connectivity index (χ0) is 21.5. The number of nitrogens with zero attached hydrogens (tertiary/aromatic N) is 2. The highest BCUT2D eigenvalue weighted by atomic mass is 32.2. The second kappa shape index (κ2) is 7.94. The molecule has 0 bridgehead atoms. The normalized spacial score (nSPS) is 16.8. The summed E-state index contributed by atoms with van der Waals surface area (Å²) in [7, 11) is 1.64. The van der Waals surface area contributed by atoms with E-state index in [0.717, 1.165) is 27.6 Å². The topological polar surface area (TPSA) is 62.5 Å². The smallest absolute Gasteiger partial charge is 0.291 e. The van der Waals surface area contributed by atoms with Gasteiger partial charge in [0.25, 0.3) is 17.6 Å². The summed E-state index contributed by atoms with van der Waals surface area (Å²) in [6, 6.07) is 17.0. The average molecular weight is 451 g/mol. The van der Waals surface area contributed by atoms with Crippen LogP contribution in [0.4, 0.5) is 5.82 Å². The standard InChI is InChI=1S/C23H19N3O3S2/c1-29-16-9-7-14(8-10-16)15-11-19-20(24-23(30-2)31-19)25(12-15)13-26-21(27)17-5-3-4-6-18(17)22(26)28/h3-12,23H,13H2,1-2H3/p+1. The third-order valence-electron chi connectivity index (χ3n) is 5.40. The van der Waals surface area contributed by atoms with Crippen LogP contribution in [0.5, 0.6) is 5.75 Å². The van der Waals surface area contributed by atoms with E-state index in [1.807, 2.05) is 35.0 Å². The van der Waals surface area contributed by atoms with Crippen molar-refractivity contribution >= 4 is 41.2 Å². The van der Waals surface area contributed by atoms with Crippen molar-refractivity contribution in [2.24, 2.45) is 0 Å². The van der Waals surface area contributed by atoms with Gasteiger partial charge in [-0.2, -0.15) is 0 Å². The van der Waals surface area contributed by atoms with Crippen molar-refractivity contribution in [3.05, 3.63) is 71.9 Å². The van der Waals surface area contributed by atoms with Gasteiger partial charge in [0.05, 0.1) is 18.2 Å². The number of carbonyl (C=O) groups is 2. The third kappa shape index (κ3) is 3.45. The van der Waals surface area contributed by atoms with Crippen molar-refractivity contribution in [2.45, 2.75) is 16.3 Å². The first-order valence-electron chi connectivity index (χ1n) is 9.72. The Kier molecular flexibility index (Phi) is 5.11. The summed E-state index contributed by atoms with van der Waals surface area (Å²) in [5.41, 5.74) is 2.96. The van der Waals surface area contributed by atoms with Crippen LogP contribution in [0.2, 0.25) is 0 Å². The van der Waals surface area contributed by atoms with E-state index in [1.54, 1.807) is 54.9 Å². The van der Waals surface area contributed by atoms with Gasteiger partial charge in [0, 0.05) is 5.56 Å². The molecule has 1 N–H and O–H groups in total. The molecule has 156 valence electrons. The number of methoxy groups -OCH3 is 1. The van der Waals surface area contributed by atoms with Crippen LogP contribution in [0.15, 0.2) is 65.7 Å². The van der Waals surface area contributed by atoms with Gasteiger partial charge in [0.15, 0.2) is 11.4 Å². The van der Waals surface area contributed by atoms with Crippen LogP contribution in [0.25, 0.3) is 11.1 Å². The zero-order valence-corrected chi connectivity index (χ0v) is 18.6. The average Bonchev–Trinajstić information content (AvgIpc) is 3.34. The number of imide groups is 1. The molecule has 2 aromatic carbocycles. The van der Waals surface area contributed by atoms with E-state index in [2.05, 4.69) is 17.6 Å². The number of carbonyl (C=O) groups excluding carboxylic acids is 2. The second-order valence-corrected chi connectivity index (χ2v) is 9.58. The lowest BCUT2D eigenvalue weighted by atomic mass is 10.1. The van der Waals surface area contributed by atoms with Crippen LogP contribution in [-0.2, 0) is 6.67 Å². The lowest BCUT2D eigenvalue weighted by molar-refractivity contribution is -0.696. The van der Waals surface area contributed by atoms with Gasteiger partial charge in [-0.15, -0.1) is 11.8 Å². The fourth-order valence-corrected chi connectivity index (χ4v) is 5.61. The molecule has 2 aliphatic heterocycles. The van der Waals surface area contributed by atoms with Gasteiger partial charge in [-0.05, 0) is 42.2 Å². The molecule has 1 unspecified atom stereocenters. The Morgan fingerprint density at radius 3 is 2.35 bits per heavy atom. The van der Waals surface area contributed by atoms with E-state index in [9.17, 15) is 9.59 Å². The van der Waals surface area contributed by atoms with Crippen molar-refractivity contribution in [2.75, 3.05) is 18.7 Å². The van der Waals surface area contributed by atoms with Crippen molar-refractivity contribution in [3.63, 3.8) is 0 Å². The minimum atomic E-state index is -0.260. The van der Waals surface area contributed by atoms with Gasteiger partial charge in [0.2, 0.25) is 0 Å². The fourth-order valence-electron chi connectivity index (χ4n) is 3.80. The molecule has 3 aromatic rings. The first-order chi connectivity index (χ1) is 15.1. The number of hydrogen-bond acceptors (Lipinski definition) is 6. The number of aromatic nitrogens is 1. The fraction of sp³-hybridized carbons (Fsp3) is 0.174. The predicted molar refractivity (Wildman–Crippen MR) is 122 cm³/mol. The number of pyridine rings is 1.